The van der Waals surface area contributed by atoms with Gasteiger partial charge in [-0.3, -0.25) is 9.20 Å². The van der Waals surface area contributed by atoms with Crippen molar-refractivity contribution in [1.29, 1.82) is 0 Å². The Morgan fingerprint density at radius 1 is 0.737 bits per heavy atom. The molecule has 0 aliphatic rings. The second-order valence-electron chi connectivity index (χ2n) is 5.51. The third-order valence-electron chi connectivity index (χ3n) is 4.56. The highest BCUT2D eigenvalue weighted by molar-refractivity contribution is 5.83. The molecule has 0 atom stereocenters. The van der Waals surface area contributed by atoms with Crippen LogP contribution < -0.4 is 5.43 Å². The van der Waals surface area contributed by atoms with Crippen LogP contribution in [0, 0.1) is 41.5 Å². The van der Waals surface area contributed by atoms with E-state index in [1.165, 1.54) is 11.1 Å². The van der Waals surface area contributed by atoms with Crippen LogP contribution in [0.3, 0.4) is 0 Å². The fourth-order valence-corrected chi connectivity index (χ4v) is 3.04. The van der Waals surface area contributed by atoms with Crippen LogP contribution in [0.4, 0.5) is 0 Å². The molecule has 3 heterocycles. The molecule has 0 bridgehead atoms. The Kier molecular flexibility index (Phi) is 2.28. The molecule has 98 valence electrons. The van der Waals surface area contributed by atoms with Crippen LogP contribution in [-0.2, 0) is 0 Å². The first kappa shape index (κ1) is 12.2. The Labute approximate surface area is 112 Å². The zero-order chi connectivity index (χ0) is 14.1. The van der Waals surface area contributed by atoms with Crippen molar-refractivity contribution in [2.24, 2.45) is 0 Å². The van der Waals surface area contributed by atoms with Gasteiger partial charge in [0, 0.05) is 11.3 Å². The van der Waals surface area contributed by atoms with Crippen LogP contribution in [0.2, 0.25) is 0 Å². The summed E-state index contributed by atoms with van der Waals surface area (Å²) in [5.41, 5.74) is 9.40. The fourth-order valence-electron chi connectivity index (χ4n) is 3.04. The average Bonchev–Trinajstić information content (AvgIpc) is 2.63. The summed E-state index contributed by atoms with van der Waals surface area (Å²) >= 11 is 0. The second-order valence-corrected chi connectivity index (χ2v) is 5.51. The Hall–Kier alpha value is -1.90. The number of aryl methyl sites for hydroxylation is 5. The number of nitrogens with zero attached hydrogens (tertiary/aromatic N) is 2. The van der Waals surface area contributed by atoms with Gasteiger partial charge in [0.15, 0.2) is 5.65 Å². The van der Waals surface area contributed by atoms with Gasteiger partial charge >= 0.3 is 0 Å². The van der Waals surface area contributed by atoms with E-state index in [0.717, 1.165) is 33.4 Å². The third-order valence-corrected chi connectivity index (χ3v) is 4.56. The lowest BCUT2D eigenvalue weighted by Gasteiger charge is -2.11. The molecule has 3 heteroatoms. The van der Waals surface area contributed by atoms with Gasteiger partial charge in [0.1, 0.15) is 0 Å². The SMILES string of the molecule is Cc1nc2c(=O)c(C)c(C)c3c(C)c(C)c(c1C)n32. The van der Waals surface area contributed by atoms with E-state index in [-0.39, 0.29) is 5.43 Å². The highest BCUT2D eigenvalue weighted by Crippen LogP contribution is 2.31. The van der Waals surface area contributed by atoms with E-state index < -0.39 is 0 Å². The van der Waals surface area contributed by atoms with E-state index in [1.54, 1.807) is 0 Å². The quantitative estimate of drug-likeness (QED) is 0.617. The van der Waals surface area contributed by atoms with Crippen molar-refractivity contribution in [2.45, 2.75) is 41.5 Å². The molecular weight excluding hydrogens is 236 g/mol. The summed E-state index contributed by atoms with van der Waals surface area (Å²) in [5.74, 6) is 0. The van der Waals surface area contributed by atoms with Gasteiger partial charge in [-0.25, -0.2) is 4.98 Å². The van der Waals surface area contributed by atoms with Crippen LogP contribution in [0.1, 0.15) is 33.5 Å². The van der Waals surface area contributed by atoms with E-state index in [4.69, 9.17) is 0 Å². The van der Waals surface area contributed by atoms with E-state index in [2.05, 4.69) is 30.2 Å². The van der Waals surface area contributed by atoms with Crippen LogP contribution in [-0.4, -0.2) is 9.38 Å². The zero-order valence-electron chi connectivity index (χ0n) is 12.3. The molecule has 3 aromatic heterocycles. The first-order chi connectivity index (χ1) is 8.86. The molecule has 0 aromatic carbocycles. The number of hydrogen-bond donors (Lipinski definition) is 0. The maximum absolute atomic E-state index is 12.5. The first-order valence-corrected chi connectivity index (χ1v) is 6.57. The predicted octanol–water partition coefficient (Wildman–Crippen LogP) is 3.14. The second kappa shape index (κ2) is 3.56. The lowest BCUT2D eigenvalue weighted by Crippen LogP contribution is -2.15. The Morgan fingerprint density at radius 2 is 1.21 bits per heavy atom. The molecule has 0 spiro atoms. The summed E-state index contributed by atoms with van der Waals surface area (Å²) in [6.07, 6.45) is 0. The van der Waals surface area contributed by atoms with E-state index >= 15 is 0 Å². The smallest absolute Gasteiger partial charge is 0.224 e. The molecule has 0 amide bonds. The minimum atomic E-state index is 0.0492. The molecule has 0 aliphatic carbocycles. The molecule has 0 aliphatic heterocycles. The fraction of sp³-hybridized carbons (Fsp3) is 0.375. The van der Waals surface area contributed by atoms with Crippen LogP contribution in [0.25, 0.3) is 16.7 Å². The van der Waals surface area contributed by atoms with Crippen molar-refractivity contribution in [3.05, 3.63) is 43.7 Å². The van der Waals surface area contributed by atoms with E-state index in [9.17, 15) is 4.79 Å². The van der Waals surface area contributed by atoms with Gasteiger partial charge in [0.05, 0.1) is 11.0 Å². The van der Waals surface area contributed by atoms with E-state index in [1.807, 2.05) is 20.8 Å². The first-order valence-electron chi connectivity index (χ1n) is 6.57. The summed E-state index contributed by atoms with van der Waals surface area (Å²) in [6.45, 7) is 12.2. The molecular formula is C16H18N2O. The molecule has 0 unspecified atom stereocenters. The van der Waals surface area contributed by atoms with Gasteiger partial charge in [-0.2, -0.15) is 0 Å². The van der Waals surface area contributed by atoms with Gasteiger partial charge in [0.2, 0.25) is 5.43 Å². The van der Waals surface area contributed by atoms with Gasteiger partial charge < -0.3 is 0 Å². The molecule has 0 N–H and O–H groups in total. The molecule has 0 radical (unpaired) electrons. The largest absolute Gasteiger partial charge is 0.291 e. The van der Waals surface area contributed by atoms with Crippen LogP contribution in [0.5, 0.6) is 0 Å². The minimum absolute atomic E-state index is 0.0492. The Morgan fingerprint density at radius 3 is 1.79 bits per heavy atom. The maximum Gasteiger partial charge on any atom is 0.224 e. The summed E-state index contributed by atoms with van der Waals surface area (Å²) < 4.78 is 2.05. The highest BCUT2D eigenvalue weighted by atomic mass is 16.1. The van der Waals surface area contributed by atoms with Crippen LogP contribution >= 0.6 is 0 Å². The highest BCUT2D eigenvalue weighted by Gasteiger charge is 2.20. The summed E-state index contributed by atoms with van der Waals surface area (Å²) in [4.78, 5) is 17.0. The summed E-state index contributed by atoms with van der Waals surface area (Å²) in [5, 5.41) is 0. The third kappa shape index (κ3) is 1.28. The monoisotopic (exact) mass is 254 g/mol. The minimum Gasteiger partial charge on any atom is -0.291 e. The predicted molar refractivity (Wildman–Crippen MR) is 78.6 cm³/mol. The molecule has 0 saturated carbocycles. The zero-order valence-corrected chi connectivity index (χ0v) is 12.3. The van der Waals surface area contributed by atoms with Crippen molar-refractivity contribution in [3.63, 3.8) is 0 Å². The van der Waals surface area contributed by atoms with E-state index in [0.29, 0.717) is 5.65 Å². The Bertz CT molecular complexity index is 867. The van der Waals surface area contributed by atoms with Gasteiger partial charge in [-0.1, -0.05) is 0 Å². The van der Waals surface area contributed by atoms with Crippen molar-refractivity contribution in [3.8, 4) is 0 Å². The van der Waals surface area contributed by atoms with Crippen molar-refractivity contribution >= 4 is 16.7 Å². The normalized spacial score (nSPS) is 11.9. The molecule has 19 heavy (non-hydrogen) atoms. The topological polar surface area (TPSA) is 34.4 Å². The Balaban J connectivity index is 2.85. The number of hydrogen-bond acceptors (Lipinski definition) is 2. The molecule has 3 rings (SSSR count). The van der Waals surface area contributed by atoms with Crippen molar-refractivity contribution in [2.75, 3.05) is 0 Å². The van der Waals surface area contributed by atoms with Gasteiger partial charge in [-0.05, 0) is 63.8 Å². The van der Waals surface area contributed by atoms with Gasteiger partial charge in [0.25, 0.3) is 0 Å². The van der Waals surface area contributed by atoms with Crippen molar-refractivity contribution < 1.29 is 0 Å². The number of aromatic nitrogens is 2. The average molecular weight is 254 g/mol. The summed E-state index contributed by atoms with van der Waals surface area (Å²) in [7, 11) is 0. The summed E-state index contributed by atoms with van der Waals surface area (Å²) in [6, 6.07) is 0. The number of rotatable bonds is 0. The number of pyridine rings is 1. The lowest BCUT2D eigenvalue weighted by molar-refractivity contribution is 1.08. The molecule has 0 saturated heterocycles. The molecule has 3 aromatic rings. The standard InChI is InChI=1S/C16H18N2O/c1-7-8(2)14-11(5)12(6)17-16-15(19)10(4)9(3)13(7)18(14)16/h1-6H3. The maximum atomic E-state index is 12.5. The molecule has 3 nitrogen and oxygen atoms in total. The van der Waals surface area contributed by atoms with Gasteiger partial charge in [-0.15, -0.1) is 0 Å². The van der Waals surface area contributed by atoms with Crippen molar-refractivity contribution in [1.82, 2.24) is 9.38 Å². The van der Waals surface area contributed by atoms with Crippen LogP contribution in [0.15, 0.2) is 4.79 Å². The lowest BCUT2D eigenvalue weighted by atomic mass is 10.1. The molecule has 0 fully saturated rings.